The Hall–Kier alpha value is -1.94. The van der Waals surface area contributed by atoms with Gasteiger partial charge in [0.05, 0.1) is 6.61 Å². The van der Waals surface area contributed by atoms with Crippen LogP contribution in [0.3, 0.4) is 0 Å². The molecule has 1 heterocycles. The van der Waals surface area contributed by atoms with E-state index in [0.29, 0.717) is 13.2 Å². The summed E-state index contributed by atoms with van der Waals surface area (Å²) in [5.74, 6) is 0.184. The number of carbonyl (C=O) groups is 2. The summed E-state index contributed by atoms with van der Waals surface area (Å²) in [6.45, 7) is 5.43. The Kier molecular flexibility index (Phi) is 4.12. The van der Waals surface area contributed by atoms with Gasteiger partial charge in [-0.1, -0.05) is 36.4 Å². The largest absolute Gasteiger partial charge is 0.465 e. The highest BCUT2D eigenvalue weighted by Crippen LogP contribution is 2.38. The van der Waals surface area contributed by atoms with E-state index in [1.165, 1.54) is 0 Å². The topological polar surface area (TPSA) is 46.6 Å². The highest BCUT2D eigenvalue weighted by Gasteiger charge is 2.44. The number of fused-ring (bicyclic) bond motifs is 1. The first-order valence-electron chi connectivity index (χ1n) is 7.84. The van der Waals surface area contributed by atoms with Crippen molar-refractivity contribution in [1.29, 1.82) is 0 Å². The molecule has 1 aliphatic carbocycles. The fraction of sp³-hybridized carbons (Fsp3) is 0.444. The van der Waals surface area contributed by atoms with Gasteiger partial charge in [0.2, 0.25) is 0 Å². The lowest BCUT2D eigenvalue weighted by molar-refractivity contribution is -0.148. The van der Waals surface area contributed by atoms with Crippen molar-refractivity contribution < 1.29 is 14.3 Å². The van der Waals surface area contributed by atoms with Gasteiger partial charge in [0.1, 0.15) is 6.04 Å². The first-order chi connectivity index (χ1) is 10.6. The first kappa shape index (κ1) is 15.0. The van der Waals surface area contributed by atoms with Crippen molar-refractivity contribution in [3.8, 4) is 0 Å². The summed E-state index contributed by atoms with van der Waals surface area (Å²) in [7, 11) is 0. The molecule has 4 nitrogen and oxygen atoms in total. The van der Waals surface area contributed by atoms with E-state index in [1.54, 1.807) is 0 Å². The van der Waals surface area contributed by atoms with Gasteiger partial charge in [-0.25, -0.2) is 0 Å². The number of benzene rings is 1. The van der Waals surface area contributed by atoms with Crippen LogP contribution in [0.15, 0.2) is 36.4 Å². The minimum absolute atomic E-state index is 0.0212. The quantitative estimate of drug-likeness (QED) is 0.799. The van der Waals surface area contributed by atoms with Crippen LogP contribution in [0.4, 0.5) is 0 Å². The number of rotatable bonds is 4. The average molecular weight is 299 g/mol. The molecule has 1 saturated heterocycles. The molecule has 0 bridgehead atoms. The van der Waals surface area contributed by atoms with Gasteiger partial charge < -0.3 is 4.74 Å². The van der Waals surface area contributed by atoms with Gasteiger partial charge in [0.25, 0.3) is 0 Å². The van der Waals surface area contributed by atoms with E-state index < -0.39 is 0 Å². The highest BCUT2D eigenvalue weighted by atomic mass is 16.5. The summed E-state index contributed by atoms with van der Waals surface area (Å²) in [5, 5.41) is 0. The van der Waals surface area contributed by atoms with E-state index in [4.69, 9.17) is 4.74 Å². The fourth-order valence-corrected chi connectivity index (χ4v) is 3.39. The predicted molar refractivity (Wildman–Crippen MR) is 84.1 cm³/mol. The summed E-state index contributed by atoms with van der Waals surface area (Å²) < 4.78 is 5.07. The first-order valence-corrected chi connectivity index (χ1v) is 7.84. The van der Waals surface area contributed by atoms with Gasteiger partial charge in [0, 0.05) is 30.5 Å². The normalized spacial score (nSPS) is 25.7. The SMILES string of the molecule is CCOC(=O)[C@H](C)N1C[C@@H]2C=C(c3ccccc3)C(=O)[C@@H]2C1. The van der Waals surface area contributed by atoms with E-state index >= 15 is 0 Å². The van der Waals surface area contributed by atoms with Crippen molar-refractivity contribution in [1.82, 2.24) is 4.90 Å². The fourth-order valence-electron chi connectivity index (χ4n) is 3.39. The molecule has 22 heavy (non-hydrogen) atoms. The molecular weight excluding hydrogens is 278 g/mol. The molecule has 116 valence electrons. The van der Waals surface area contributed by atoms with Crippen LogP contribution >= 0.6 is 0 Å². The average Bonchev–Trinajstić information content (AvgIpc) is 3.07. The summed E-state index contributed by atoms with van der Waals surface area (Å²) in [6.07, 6.45) is 2.08. The molecular formula is C18H21NO3. The molecule has 0 spiro atoms. The number of carbonyl (C=O) groups excluding carboxylic acids is 2. The Morgan fingerprint density at radius 2 is 2.05 bits per heavy atom. The maximum atomic E-state index is 12.6. The lowest BCUT2D eigenvalue weighted by Crippen LogP contribution is -2.39. The Morgan fingerprint density at radius 1 is 1.32 bits per heavy atom. The second-order valence-corrected chi connectivity index (χ2v) is 5.96. The van der Waals surface area contributed by atoms with Crippen molar-refractivity contribution in [2.45, 2.75) is 19.9 Å². The maximum Gasteiger partial charge on any atom is 0.323 e. The molecule has 1 aromatic carbocycles. The molecule has 4 heteroatoms. The van der Waals surface area contributed by atoms with Crippen LogP contribution in [0.25, 0.3) is 5.57 Å². The third-order valence-electron chi connectivity index (χ3n) is 4.64. The van der Waals surface area contributed by atoms with Crippen LogP contribution in [-0.2, 0) is 14.3 Å². The maximum absolute atomic E-state index is 12.6. The molecule has 3 atom stereocenters. The molecule has 3 rings (SSSR count). The molecule has 0 amide bonds. The molecule has 1 aromatic rings. The van der Waals surface area contributed by atoms with Crippen molar-refractivity contribution in [3.63, 3.8) is 0 Å². The number of esters is 1. The van der Waals surface area contributed by atoms with Gasteiger partial charge in [-0.2, -0.15) is 0 Å². The van der Waals surface area contributed by atoms with E-state index in [1.807, 2.05) is 44.2 Å². The minimum atomic E-state index is -0.285. The Bertz CT molecular complexity index is 608. The van der Waals surface area contributed by atoms with E-state index in [9.17, 15) is 9.59 Å². The summed E-state index contributed by atoms with van der Waals surface area (Å²) in [5.41, 5.74) is 1.82. The molecule has 0 saturated carbocycles. The second kappa shape index (κ2) is 6.05. The van der Waals surface area contributed by atoms with Crippen LogP contribution in [0.1, 0.15) is 19.4 Å². The number of likely N-dealkylation sites (tertiary alicyclic amines) is 1. The van der Waals surface area contributed by atoms with Crippen LogP contribution in [0, 0.1) is 11.8 Å². The second-order valence-electron chi connectivity index (χ2n) is 5.96. The number of ketones is 1. The smallest absolute Gasteiger partial charge is 0.323 e. The van der Waals surface area contributed by atoms with Gasteiger partial charge in [-0.05, 0) is 19.4 Å². The van der Waals surface area contributed by atoms with E-state index in [2.05, 4.69) is 11.0 Å². The van der Waals surface area contributed by atoms with E-state index in [0.717, 1.165) is 17.7 Å². The van der Waals surface area contributed by atoms with Gasteiger partial charge in [0.15, 0.2) is 5.78 Å². The number of nitrogens with zero attached hydrogens (tertiary/aromatic N) is 1. The zero-order chi connectivity index (χ0) is 15.7. The summed E-state index contributed by atoms with van der Waals surface area (Å²) in [6, 6.07) is 9.52. The van der Waals surface area contributed by atoms with Crippen LogP contribution in [0.2, 0.25) is 0 Å². The van der Waals surface area contributed by atoms with Gasteiger partial charge >= 0.3 is 5.97 Å². The Balaban J connectivity index is 1.73. The summed E-state index contributed by atoms with van der Waals surface area (Å²) >= 11 is 0. The minimum Gasteiger partial charge on any atom is -0.465 e. The molecule has 0 radical (unpaired) electrons. The number of hydrogen-bond acceptors (Lipinski definition) is 4. The standard InChI is InChI=1S/C18H21NO3/c1-3-22-18(21)12(2)19-10-14-9-15(17(20)16(14)11-19)13-7-5-4-6-8-13/h4-9,12,14,16H,3,10-11H2,1-2H3/t12-,14-,16+/m0/s1. The van der Waals surface area contributed by atoms with Crippen LogP contribution in [-0.4, -0.2) is 42.4 Å². The molecule has 0 aromatic heterocycles. The third-order valence-corrected chi connectivity index (χ3v) is 4.64. The third kappa shape index (κ3) is 2.59. The monoisotopic (exact) mass is 299 g/mol. The molecule has 0 N–H and O–H groups in total. The lowest BCUT2D eigenvalue weighted by Gasteiger charge is -2.22. The van der Waals surface area contributed by atoms with Gasteiger partial charge in [-0.15, -0.1) is 0 Å². The molecule has 1 fully saturated rings. The van der Waals surface area contributed by atoms with Crippen molar-refractivity contribution in [3.05, 3.63) is 42.0 Å². The van der Waals surface area contributed by atoms with Crippen molar-refractivity contribution in [2.24, 2.45) is 11.8 Å². The number of Topliss-reactive ketones (excluding diaryl/α,β-unsaturated/α-hetero) is 1. The Labute approximate surface area is 130 Å². The van der Waals surface area contributed by atoms with Crippen molar-refractivity contribution >= 4 is 17.3 Å². The predicted octanol–water partition coefficient (Wildman–Crippen LogP) is 2.15. The molecule has 2 aliphatic rings. The van der Waals surface area contributed by atoms with Gasteiger partial charge in [-0.3, -0.25) is 14.5 Å². The number of hydrogen-bond donors (Lipinski definition) is 0. The summed E-state index contributed by atoms with van der Waals surface area (Å²) in [4.78, 5) is 26.6. The highest BCUT2D eigenvalue weighted by molar-refractivity contribution is 6.24. The molecule has 1 aliphatic heterocycles. The van der Waals surface area contributed by atoms with Crippen molar-refractivity contribution in [2.75, 3.05) is 19.7 Å². The van der Waals surface area contributed by atoms with E-state index in [-0.39, 0.29) is 29.6 Å². The van der Waals surface area contributed by atoms with Crippen LogP contribution in [0.5, 0.6) is 0 Å². The zero-order valence-corrected chi connectivity index (χ0v) is 13.0. The molecule has 0 unspecified atom stereocenters. The lowest BCUT2D eigenvalue weighted by atomic mass is 9.97. The number of allylic oxidation sites excluding steroid dienone is 1. The number of ether oxygens (including phenoxy) is 1. The zero-order valence-electron chi connectivity index (χ0n) is 13.0. The van der Waals surface area contributed by atoms with Crippen LogP contribution < -0.4 is 0 Å². The Morgan fingerprint density at radius 3 is 2.68 bits per heavy atom.